The monoisotopic (exact) mass is 642 g/mol. The Morgan fingerprint density at radius 1 is 0.378 bits per heavy atom. The summed E-state index contributed by atoms with van der Waals surface area (Å²) in [5.41, 5.74) is 9.06. The Kier molecular flexibility index (Phi) is 8.27. The van der Waals surface area contributed by atoms with E-state index in [9.17, 15) is 15.3 Å². The van der Waals surface area contributed by atoms with Crippen LogP contribution in [0, 0.1) is 0 Å². The highest BCUT2D eigenvalue weighted by Crippen LogP contribution is 2.47. The van der Waals surface area contributed by atoms with Gasteiger partial charge in [0, 0.05) is 66.7 Å². The Hall–Kier alpha value is -4.62. The summed E-state index contributed by atoms with van der Waals surface area (Å²) in [4.78, 5) is 3.03. The van der Waals surface area contributed by atoms with Gasteiger partial charge in [-0.1, -0.05) is 91.0 Å². The number of hydrogen-bond acceptors (Lipinski definition) is 6. The molecule has 3 aromatic heterocycles. The van der Waals surface area contributed by atoms with Crippen LogP contribution in [0.3, 0.4) is 0 Å². The van der Waals surface area contributed by atoms with Gasteiger partial charge in [-0.05, 0) is 51.6 Å². The molecule has 3 N–H and O–H groups in total. The highest BCUT2D eigenvalue weighted by molar-refractivity contribution is 7.15. The van der Waals surface area contributed by atoms with E-state index in [4.69, 9.17) is 0 Å². The Balaban J connectivity index is 1.39. The molecule has 0 saturated heterocycles. The molecule has 0 aliphatic rings. The van der Waals surface area contributed by atoms with Crippen molar-refractivity contribution in [3.05, 3.63) is 159 Å². The molecule has 6 heteroatoms. The molecule has 3 nitrogen and oxygen atoms in total. The molecule has 0 bridgehead atoms. The van der Waals surface area contributed by atoms with Crippen molar-refractivity contribution in [2.75, 3.05) is 0 Å². The van der Waals surface area contributed by atoms with Crippen molar-refractivity contribution in [3.63, 3.8) is 0 Å². The van der Waals surface area contributed by atoms with Crippen molar-refractivity contribution in [1.29, 1.82) is 0 Å². The summed E-state index contributed by atoms with van der Waals surface area (Å²) in [5.74, 6) is 0.883. The molecule has 0 spiro atoms. The largest absolute Gasteiger partial charge is 0.507 e. The zero-order valence-corrected chi connectivity index (χ0v) is 26.8. The summed E-state index contributed by atoms with van der Waals surface area (Å²) in [6, 6.07) is 37.1. The van der Waals surface area contributed by atoms with Gasteiger partial charge in [0.1, 0.15) is 17.2 Å². The van der Waals surface area contributed by atoms with Crippen LogP contribution in [0.4, 0.5) is 0 Å². The number of benzene rings is 4. The molecule has 45 heavy (non-hydrogen) atoms. The lowest BCUT2D eigenvalue weighted by Gasteiger charge is -2.13. The number of rotatable bonds is 9. The first-order valence-corrected chi connectivity index (χ1v) is 17.3. The Labute approximate surface area is 274 Å². The Bertz CT molecular complexity index is 1810. The predicted molar refractivity (Wildman–Crippen MR) is 189 cm³/mol. The summed E-state index contributed by atoms with van der Waals surface area (Å²) < 4.78 is 0. The summed E-state index contributed by atoms with van der Waals surface area (Å²) in [6.07, 6.45) is 1.84. The van der Waals surface area contributed by atoms with Crippen LogP contribution in [0.25, 0.3) is 31.3 Å². The first kappa shape index (κ1) is 29.1. The molecule has 0 radical (unpaired) electrons. The molecule has 222 valence electrons. The maximum absolute atomic E-state index is 11.0. The second-order valence-electron chi connectivity index (χ2n) is 11.1. The SMILES string of the molecule is Oc1csc(-c2cc(-c3scc(O)c3Cc3ccccc3)cc(-c3scc(O)c3Cc3ccccc3)c2)c1Cc1ccccc1. The second kappa shape index (κ2) is 12.8. The van der Waals surface area contributed by atoms with Gasteiger partial charge < -0.3 is 15.3 Å². The van der Waals surface area contributed by atoms with E-state index >= 15 is 0 Å². The van der Waals surface area contributed by atoms with Gasteiger partial charge in [0.15, 0.2) is 0 Å². The lowest BCUT2D eigenvalue weighted by Crippen LogP contribution is -1.93. The first-order chi connectivity index (χ1) is 22.0. The van der Waals surface area contributed by atoms with Gasteiger partial charge in [0.05, 0.1) is 0 Å². The Morgan fingerprint density at radius 3 is 0.911 bits per heavy atom. The average Bonchev–Trinajstić information content (AvgIpc) is 3.75. The van der Waals surface area contributed by atoms with Crippen LogP contribution in [0.1, 0.15) is 33.4 Å². The topological polar surface area (TPSA) is 60.7 Å². The molecule has 7 rings (SSSR count). The van der Waals surface area contributed by atoms with Gasteiger partial charge in [0.2, 0.25) is 0 Å². The van der Waals surface area contributed by atoms with E-state index < -0.39 is 0 Å². The lowest BCUT2D eigenvalue weighted by molar-refractivity contribution is 0.472. The predicted octanol–water partition coefficient (Wildman–Crippen LogP) is 10.8. The molecule has 0 saturated carbocycles. The van der Waals surface area contributed by atoms with Crippen LogP contribution in [0.15, 0.2) is 125 Å². The van der Waals surface area contributed by atoms with Crippen molar-refractivity contribution >= 4 is 34.0 Å². The minimum atomic E-state index is 0.294. The molecule has 0 aliphatic heterocycles. The van der Waals surface area contributed by atoms with E-state index in [1.54, 1.807) is 0 Å². The van der Waals surface area contributed by atoms with Crippen molar-refractivity contribution in [2.45, 2.75) is 19.3 Å². The van der Waals surface area contributed by atoms with Crippen molar-refractivity contribution in [3.8, 4) is 48.6 Å². The molecule has 0 unspecified atom stereocenters. The minimum Gasteiger partial charge on any atom is -0.507 e. The Morgan fingerprint density at radius 2 is 0.644 bits per heavy atom. The normalized spacial score (nSPS) is 11.2. The lowest BCUT2D eigenvalue weighted by atomic mass is 9.94. The summed E-state index contributed by atoms with van der Waals surface area (Å²) in [6.45, 7) is 0. The quantitative estimate of drug-likeness (QED) is 0.147. The molecule has 0 fully saturated rings. The first-order valence-electron chi connectivity index (χ1n) is 14.7. The van der Waals surface area contributed by atoms with Crippen molar-refractivity contribution in [2.24, 2.45) is 0 Å². The van der Waals surface area contributed by atoms with Gasteiger partial charge in [-0.25, -0.2) is 0 Å². The fraction of sp³-hybridized carbons (Fsp3) is 0.0769. The third-order valence-corrected chi connectivity index (χ3v) is 11.2. The molecule has 0 aliphatic carbocycles. The molecule has 0 amide bonds. The maximum Gasteiger partial charge on any atom is 0.130 e. The van der Waals surface area contributed by atoms with Crippen molar-refractivity contribution < 1.29 is 15.3 Å². The van der Waals surface area contributed by atoms with Gasteiger partial charge >= 0.3 is 0 Å². The van der Waals surface area contributed by atoms with Gasteiger partial charge in [-0.15, -0.1) is 34.0 Å². The summed E-state index contributed by atoms with van der Waals surface area (Å²) in [5, 5.41) is 38.4. The van der Waals surface area contributed by atoms with Crippen LogP contribution >= 0.6 is 34.0 Å². The van der Waals surface area contributed by atoms with Gasteiger partial charge in [-0.2, -0.15) is 0 Å². The van der Waals surface area contributed by atoms with E-state index in [0.717, 1.165) is 64.7 Å². The summed E-state index contributed by atoms with van der Waals surface area (Å²) in [7, 11) is 0. The fourth-order valence-electron chi connectivity index (χ4n) is 5.78. The maximum atomic E-state index is 11.0. The van der Waals surface area contributed by atoms with E-state index in [-0.39, 0.29) is 0 Å². The third-order valence-electron chi connectivity index (χ3n) is 8.01. The van der Waals surface area contributed by atoms with E-state index in [2.05, 4.69) is 54.6 Å². The third kappa shape index (κ3) is 6.18. The molecular formula is C39H30O3S3. The summed E-state index contributed by atoms with van der Waals surface area (Å²) >= 11 is 4.62. The smallest absolute Gasteiger partial charge is 0.130 e. The van der Waals surface area contributed by atoms with Gasteiger partial charge in [-0.3, -0.25) is 0 Å². The molecule has 0 atom stereocenters. The van der Waals surface area contributed by atoms with Crippen LogP contribution in [-0.2, 0) is 19.3 Å². The standard InChI is InChI=1S/C39H30O3S3/c40-34-22-43-37(31(34)16-25-10-4-1-5-11-25)28-19-29(38-32(35(41)23-44-38)17-26-12-6-2-7-13-26)21-30(20-28)39-33(36(42)24-45-39)18-27-14-8-3-9-15-27/h1-15,19-24,40-42H,16-18H2. The average molecular weight is 643 g/mol. The number of hydrogen-bond donors (Lipinski definition) is 3. The van der Waals surface area contributed by atoms with Crippen molar-refractivity contribution in [1.82, 2.24) is 0 Å². The van der Waals surface area contributed by atoms with E-state index in [1.807, 2.05) is 70.7 Å². The molecule has 3 heterocycles. The van der Waals surface area contributed by atoms with E-state index in [0.29, 0.717) is 36.5 Å². The number of aromatic hydroxyl groups is 3. The minimum absolute atomic E-state index is 0.294. The van der Waals surface area contributed by atoms with Gasteiger partial charge in [0.25, 0.3) is 0 Å². The highest BCUT2D eigenvalue weighted by atomic mass is 32.1. The van der Waals surface area contributed by atoms with Crippen LogP contribution in [0.5, 0.6) is 17.2 Å². The van der Waals surface area contributed by atoms with Crippen LogP contribution < -0.4 is 0 Å². The zero-order chi connectivity index (χ0) is 30.8. The highest BCUT2D eigenvalue weighted by Gasteiger charge is 2.21. The fourth-order valence-corrected chi connectivity index (χ4v) is 8.61. The van der Waals surface area contributed by atoms with E-state index in [1.165, 1.54) is 34.0 Å². The molecule has 7 aromatic rings. The molecule has 4 aromatic carbocycles. The van der Waals surface area contributed by atoms with Crippen LogP contribution in [0.2, 0.25) is 0 Å². The zero-order valence-electron chi connectivity index (χ0n) is 24.3. The van der Waals surface area contributed by atoms with Crippen LogP contribution in [-0.4, -0.2) is 15.3 Å². The number of thiophene rings is 3. The molecular weight excluding hydrogens is 613 g/mol. The second-order valence-corrected chi connectivity index (χ2v) is 13.7.